The predicted molar refractivity (Wildman–Crippen MR) is 80.9 cm³/mol. The molecule has 2 aromatic heterocycles. The summed E-state index contributed by atoms with van der Waals surface area (Å²) in [5.41, 5.74) is 1.23. The fraction of sp³-hybridized carbons (Fsp3) is 0.267. The molecule has 0 atom stereocenters. The second-order valence-electron chi connectivity index (χ2n) is 5.46. The number of benzene rings is 1. The molecule has 3 rings (SSSR count). The zero-order valence-corrected chi connectivity index (χ0v) is 13.6. The number of halogens is 4. The molecule has 2 heterocycles. The summed E-state index contributed by atoms with van der Waals surface area (Å²) in [5.74, 6) is -2.22. The molecule has 1 N–H and O–H groups in total. The molecule has 0 saturated heterocycles. The molecular weight excluding hydrogens is 358 g/mol. The average Bonchev–Trinajstić information content (AvgIpc) is 3.06. The second kappa shape index (κ2) is 6.32. The van der Waals surface area contributed by atoms with Crippen LogP contribution in [0.5, 0.6) is 5.75 Å². The first-order chi connectivity index (χ1) is 12.2. The lowest BCUT2D eigenvalue weighted by molar-refractivity contribution is -0.275. The molecule has 3 aromatic rings. The molecule has 1 amide bonds. The van der Waals surface area contributed by atoms with Crippen LogP contribution < -0.4 is 10.1 Å². The second-order valence-corrected chi connectivity index (χ2v) is 5.46. The van der Waals surface area contributed by atoms with Gasteiger partial charge in [0, 0.05) is 24.7 Å². The minimum Gasteiger partial charge on any atom is -0.403 e. The lowest BCUT2D eigenvalue weighted by Crippen LogP contribution is -2.23. The van der Waals surface area contributed by atoms with Gasteiger partial charge in [0.25, 0.3) is 5.91 Å². The van der Waals surface area contributed by atoms with E-state index in [0.717, 1.165) is 18.0 Å². The van der Waals surface area contributed by atoms with Crippen molar-refractivity contribution >= 4 is 11.6 Å². The Morgan fingerprint density at radius 3 is 2.73 bits per heavy atom. The summed E-state index contributed by atoms with van der Waals surface area (Å²) in [6.07, 6.45) is -3.48. The summed E-state index contributed by atoms with van der Waals surface area (Å²) in [5, 5.41) is 10.8. The minimum atomic E-state index is -5.01. The van der Waals surface area contributed by atoms with E-state index in [1.165, 1.54) is 10.8 Å². The van der Waals surface area contributed by atoms with Crippen molar-refractivity contribution in [3.63, 3.8) is 0 Å². The van der Waals surface area contributed by atoms with Crippen LogP contribution in [0.25, 0.3) is 5.65 Å². The lowest BCUT2D eigenvalue weighted by Gasteiger charge is -2.10. The highest BCUT2D eigenvalue weighted by Gasteiger charge is 2.32. The van der Waals surface area contributed by atoms with E-state index in [1.54, 1.807) is 18.5 Å². The molecule has 138 valence electrons. The number of nitrogens with zero attached hydrogens (tertiary/aromatic N) is 4. The van der Waals surface area contributed by atoms with Crippen LogP contribution in [-0.4, -0.2) is 31.7 Å². The first-order valence-corrected chi connectivity index (χ1v) is 7.35. The highest BCUT2D eigenvalue weighted by molar-refractivity contribution is 5.94. The van der Waals surface area contributed by atoms with Crippen LogP contribution in [0.15, 0.2) is 24.4 Å². The Hall–Kier alpha value is -3.11. The van der Waals surface area contributed by atoms with Crippen molar-refractivity contribution in [2.45, 2.75) is 19.8 Å². The Balaban J connectivity index is 1.73. The summed E-state index contributed by atoms with van der Waals surface area (Å²) >= 11 is 0. The van der Waals surface area contributed by atoms with Crippen LogP contribution in [-0.2, 0) is 13.6 Å². The topological polar surface area (TPSA) is 73.4 Å². The van der Waals surface area contributed by atoms with Gasteiger partial charge in [0.15, 0.2) is 17.2 Å². The molecule has 7 nitrogen and oxygen atoms in total. The van der Waals surface area contributed by atoms with Gasteiger partial charge in [-0.25, -0.2) is 4.39 Å². The molecule has 26 heavy (non-hydrogen) atoms. The smallest absolute Gasteiger partial charge is 0.403 e. The highest BCUT2D eigenvalue weighted by atomic mass is 19.4. The quantitative estimate of drug-likeness (QED) is 0.715. The summed E-state index contributed by atoms with van der Waals surface area (Å²) in [4.78, 5) is 12.1. The summed E-state index contributed by atoms with van der Waals surface area (Å²) in [6.45, 7) is 1.88. The van der Waals surface area contributed by atoms with Crippen LogP contribution in [0.3, 0.4) is 0 Å². The maximum absolute atomic E-state index is 13.7. The summed E-state index contributed by atoms with van der Waals surface area (Å²) < 4.78 is 56.8. The van der Waals surface area contributed by atoms with Crippen LogP contribution in [0.1, 0.15) is 21.7 Å². The molecule has 0 aliphatic carbocycles. The predicted octanol–water partition coefficient (Wildman–Crippen LogP) is 2.34. The van der Waals surface area contributed by atoms with Gasteiger partial charge in [0.2, 0.25) is 0 Å². The first kappa shape index (κ1) is 17.7. The molecule has 0 unspecified atom stereocenters. The molecule has 0 fully saturated rings. The van der Waals surface area contributed by atoms with Gasteiger partial charge in [-0.15, -0.1) is 22.9 Å². The molecule has 11 heteroatoms. The van der Waals surface area contributed by atoms with E-state index in [-0.39, 0.29) is 12.1 Å². The molecule has 0 saturated carbocycles. The molecule has 1 aromatic carbocycles. The number of nitrogens with one attached hydrogen (secondary N) is 1. The SMILES string of the molecule is Cc1nn2ncc(CNC(=O)c3ccc(OC(F)(F)F)c(F)c3)c2n1C. The van der Waals surface area contributed by atoms with E-state index in [9.17, 15) is 22.4 Å². The number of alkyl halides is 3. The van der Waals surface area contributed by atoms with Crippen molar-refractivity contribution in [2.24, 2.45) is 7.05 Å². The summed E-state index contributed by atoms with van der Waals surface area (Å²) in [7, 11) is 1.79. The Labute approximate surface area is 144 Å². The number of hydrogen-bond donors (Lipinski definition) is 1. The zero-order valence-electron chi connectivity index (χ0n) is 13.6. The standard InChI is InChI=1S/C15H13F4N5O2/c1-8-22-24-14(23(8)2)10(7-21-24)6-20-13(25)9-3-4-12(11(16)5-9)26-15(17,18)19/h3-5,7H,6H2,1-2H3,(H,20,25). The van der Waals surface area contributed by atoms with Gasteiger partial charge in [-0.2, -0.15) is 5.10 Å². The Bertz CT molecular complexity index is 976. The number of carbonyl (C=O) groups is 1. The van der Waals surface area contributed by atoms with Crippen LogP contribution in [0, 0.1) is 12.7 Å². The number of ether oxygens (including phenoxy) is 1. The zero-order chi connectivity index (χ0) is 19.1. The van der Waals surface area contributed by atoms with E-state index in [0.29, 0.717) is 17.3 Å². The number of amides is 1. The monoisotopic (exact) mass is 371 g/mol. The van der Waals surface area contributed by atoms with Crippen molar-refractivity contribution in [1.29, 1.82) is 0 Å². The van der Waals surface area contributed by atoms with Gasteiger partial charge in [-0.05, 0) is 25.1 Å². The largest absolute Gasteiger partial charge is 0.573 e. The van der Waals surface area contributed by atoms with Crippen molar-refractivity contribution < 1.29 is 27.1 Å². The molecule has 0 spiro atoms. The lowest BCUT2D eigenvalue weighted by atomic mass is 10.2. The molecule has 0 bridgehead atoms. The van der Waals surface area contributed by atoms with Crippen LogP contribution >= 0.6 is 0 Å². The van der Waals surface area contributed by atoms with Crippen LogP contribution in [0.2, 0.25) is 0 Å². The van der Waals surface area contributed by atoms with Gasteiger partial charge >= 0.3 is 6.36 Å². The average molecular weight is 371 g/mol. The number of aromatic nitrogens is 4. The fourth-order valence-electron chi connectivity index (χ4n) is 2.40. The van der Waals surface area contributed by atoms with E-state index in [2.05, 4.69) is 20.3 Å². The van der Waals surface area contributed by atoms with Gasteiger partial charge in [-0.1, -0.05) is 0 Å². The fourth-order valence-corrected chi connectivity index (χ4v) is 2.40. The normalized spacial score (nSPS) is 11.8. The maximum Gasteiger partial charge on any atom is 0.573 e. The van der Waals surface area contributed by atoms with Gasteiger partial charge in [0.05, 0.1) is 6.20 Å². The van der Waals surface area contributed by atoms with Crippen molar-refractivity contribution in [3.8, 4) is 5.75 Å². The number of aryl methyl sites for hydroxylation is 2. The molecule has 0 radical (unpaired) electrons. The minimum absolute atomic E-state index is 0.0870. The van der Waals surface area contributed by atoms with Gasteiger partial charge in [0.1, 0.15) is 5.82 Å². The van der Waals surface area contributed by atoms with Gasteiger partial charge < -0.3 is 14.6 Å². The van der Waals surface area contributed by atoms with Crippen LogP contribution in [0.4, 0.5) is 17.6 Å². The maximum atomic E-state index is 13.7. The van der Waals surface area contributed by atoms with E-state index in [4.69, 9.17) is 0 Å². The van der Waals surface area contributed by atoms with E-state index < -0.39 is 23.8 Å². The van der Waals surface area contributed by atoms with Crippen molar-refractivity contribution in [2.75, 3.05) is 0 Å². The third kappa shape index (κ3) is 3.46. The third-order valence-electron chi connectivity index (χ3n) is 3.70. The first-order valence-electron chi connectivity index (χ1n) is 7.35. The number of hydrogen-bond acceptors (Lipinski definition) is 4. The van der Waals surface area contributed by atoms with Crippen molar-refractivity contribution in [3.05, 3.63) is 47.2 Å². The number of carbonyl (C=O) groups excluding carboxylic acids is 1. The highest BCUT2D eigenvalue weighted by Crippen LogP contribution is 2.26. The molecular formula is C15H13F4N5O2. The Morgan fingerprint density at radius 1 is 1.35 bits per heavy atom. The van der Waals surface area contributed by atoms with Gasteiger partial charge in [-0.3, -0.25) is 4.79 Å². The third-order valence-corrected chi connectivity index (χ3v) is 3.70. The number of rotatable bonds is 4. The molecule has 0 aliphatic heterocycles. The van der Waals surface area contributed by atoms with E-state index >= 15 is 0 Å². The van der Waals surface area contributed by atoms with Crippen molar-refractivity contribution in [1.82, 2.24) is 24.7 Å². The molecule has 0 aliphatic rings. The Kier molecular flexibility index (Phi) is 4.30. The summed E-state index contributed by atoms with van der Waals surface area (Å²) in [6, 6.07) is 2.47. The van der Waals surface area contributed by atoms with E-state index in [1.807, 2.05) is 0 Å². The Morgan fingerprint density at radius 2 is 2.08 bits per heavy atom. The number of fused-ring (bicyclic) bond motifs is 1.